The molecule has 40 heavy (non-hydrogen) atoms. The van der Waals surface area contributed by atoms with E-state index in [1.807, 2.05) is 85.8 Å². The highest BCUT2D eigenvalue weighted by Crippen LogP contribution is 2.38. The molecular weight excluding hydrogens is 515 g/mol. The maximum Gasteiger partial charge on any atom is 0.418 e. The van der Waals surface area contributed by atoms with Crippen molar-refractivity contribution in [3.63, 3.8) is 0 Å². The first-order chi connectivity index (χ1) is 19.2. The second-order valence-corrected chi connectivity index (χ2v) is 9.62. The summed E-state index contributed by atoms with van der Waals surface area (Å²) in [5.74, 6) is -0.339. The number of nitrogens with zero attached hydrogens (tertiary/aromatic N) is 2. The van der Waals surface area contributed by atoms with Crippen LogP contribution in [0.3, 0.4) is 0 Å². The number of nitrogens with one attached hydrogen (secondary N) is 1. The van der Waals surface area contributed by atoms with Crippen LogP contribution < -0.4 is 5.32 Å². The van der Waals surface area contributed by atoms with E-state index in [2.05, 4.69) is 10.4 Å². The van der Waals surface area contributed by atoms with Gasteiger partial charge in [-0.2, -0.15) is 18.3 Å². The molecule has 4 aromatic carbocycles. The minimum Gasteiger partial charge on any atom is -0.458 e. The fraction of sp³-hybridized carbons (Fsp3) is 0.188. The van der Waals surface area contributed by atoms with Gasteiger partial charge >= 0.3 is 12.1 Å². The molecule has 5 nitrogen and oxygen atoms in total. The maximum atomic E-state index is 13.9. The van der Waals surface area contributed by atoms with Gasteiger partial charge in [-0.05, 0) is 41.8 Å². The van der Waals surface area contributed by atoms with Crippen LogP contribution in [0.4, 0.5) is 18.9 Å². The smallest absolute Gasteiger partial charge is 0.418 e. The number of carbonyl (C=O) groups is 1. The number of aromatic nitrogens is 2. The molecule has 1 aromatic heterocycles. The highest BCUT2D eigenvalue weighted by Gasteiger charge is 2.34. The standard InChI is InChI=1S/C32H28F3N3O2/c1-21(40-22(2)39)25-12-6-11-24(17-25)19-36-27-14-7-13-26(18-27)31-28-15-8-16-29(32(33,34)35)30(28)37-38(31)20-23-9-4-3-5-10-23/h3-18,21,36H,19-20H2,1-2H3. The third kappa shape index (κ3) is 6.01. The quantitative estimate of drug-likeness (QED) is 0.202. The molecule has 0 radical (unpaired) electrons. The number of hydrogen-bond donors (Lipinski definition) is 1. The third-order valence-electron chi connectivity index (χ3n) is 6.65. The van der Waals surface area contributed by atoms with E-state index in [1.165, 1.54) is 13.0 Å². The van der Waals surface area contributed by atoms with Crippen molar-refractivity contribution in [2.75, 3.05) is 5.32 Å². The Labute approximate surface area is 230 Å². The van der Waals surface area contributed by atoms with E-state index >= 15 is 0 Å². The van der Waals surface area contributed by atoms with E-state index in [4.69, 9.17) is 4.74 Å². The molecule has 0 aliphatic carbocycles. The summed E-state index contributed by atoms with van der Waals surface area (Å²) in [6.07, 6.45) is -4.88. The molecule has 0 aliphatic rings. The molecule has 5 rings (SSSR count). The van der Waals surface area contributed by atoms with E-state index < -0.39 is 11.7 Å². The molecule has 1 N–H and O–H groups in total. The van der Waals surface area contributed by atoms with E-state index in [1.54, 1.807) is 10.7 Å². The number of carbonyl (C=O) groups excluding carboxylic acids is 1. The first-order valence-electron chi connectivity index (χ1n) is 12.9. The summed E-state index contributed by atoms with van der Waals surface area (Å²) < 4.78 is 48.5. The van der Waals surface area contributed by atoms with Crippen LogP contribution in [0, 0.1) is 0 Å². The van der Waals surface area contributed by atoms with Gasteiger partial charge in [0, 0.05) is 30.1 Å². The average Bonchev–Trinajstić information content (AvgIpc) is 3.29. The van der Waals surface area contributed by atoms with Crippen LogP contribution in [0.5, 0.6) is 0 Å². The molecule has 1 heterocycles. The van der Waals surface area contributed by atoms with Gasteiger partial charge in [-0.25, -0.2) is 0 Å². The van der Waals surface area contributed by atoms with Gasteiger partial charge in [-0.15, -0.1) is 0 Å². The van der Waals surface area contributed by atoms with Crippen LogP contribution in [0.1, 0.15) is 42.2 Å². The van der Waals surface area contributed by atoms with Crippen molar-refractivity contribution in [2.45, 2.75) is 39.2 Å². The molecule has 0 saturated carbocycles. The van der Waals surface area contributed by atoms with Crippen LogP contribution in [-0.4, -0.2) is 15.7 Å². The molecule has 5 aromatic rings. The number of rotatable bonds is 8. The van der Waals surface area contributed by atoms with E-state index in [-0.39, 0.29) is 17.6 Å². The van der Waals surface area contributed by atoms with Gasteiger partial charge < -0.3 is 10.1 Å². The lowest BCUT2D eigenvalue weighted by molar-refractivity contribution is -0.145. The Hall–Kier alpha value is -4.59. The number of fused-ring (bicyclic) bond motifs is 1. The van der Waals surface area contributed by atoms with Crippen molar-refractivity contribution in [1.82, 2.24) is 9.78 Å². The Balaban J connectivity index is 1.48. The highest BCUT2D eigenvalue weighted by molar-refractivity contribution is 5.95. The SMILES string of the molecule is CC(=O)OC(C)c1cccc(CNc2cccc(-c3c4cccc(C(F)(F)F)c4nn3Cc3ccccc3)c2)c1. The second kappa shape index (κ2) is 11.3. The van der Waals surface area contributed by atoms with Crippen molar-refractivity contribution >= 4 is 22.6 Å². The van der Waals surface area contributed by atoms with Gasteiger partial charge in [-0.3, -0.25) is 9.48 Å². The normalized spacial score (nSPS) is 12.3. The Kier molecular flexibility index (Phi) is 7.60. The molecule has 0 saturated heterocycles. The van der Waals surface area contributed by atoms with E-state index in [0.29, 0.717) is 24.2 Å². The topological polar surface area (TPSA) is 56.1 Å². The summed E-state index contributed by atoms with van der Waals surface area (Å²) in [5, 5.41) is 8.31. The number of esters is 1. The van der Waals surface area contributed by atoms with Gasteiger partial charge in [-0.1, -0.05) is 78.9 Å². The van der Waals surface area contributed by atoms with Crippen molar-refractivity contribution in [3.05, 3.63) is 119 Å². The highest BCUT2D eigenvalue weighted by atomic mass is 19.4. The summed E-state index contributed by atoms with van der Waals surface area (Å²) in [4.78, 5) is 11.3. The molecule has 0 amide bonds. The van der Waals surface area contributed by atoms with E-state index in [9.17, 15) is 18.0 Å². The summed E-state index contributed by atoms with van der Waals surface area (Å²) in [7, 11) is 0. The van der Waals surface area contributed by atoms with Gasteiger partial charge in [0.25, 0.3) is 0 Å². The Bertz CT molecular complexity index is 1640. The summed E-state index contributed by atoms with van der Waals surface area (Å²) >= 11 is 0. The first-order valence-corrected chi connectivity index (χ1v) is 12.9. The van der Waals surface area contributed by atoms with Crippen molar-refractivity contribution in [3.8, 4) is 11.3 Å². The molecule has 8 heteroatoms. The summed E-state index contributed by atoms with van der Waals surface area (Å²) in [6, 6.07) is 29.1. The van der Waals surface area contributed by atoms with Gasteiger partial charge in [0.05, 0.1) is 17.8 Å². The summed E-state index contributed by atoms with van der Waals surface area (Å²) in [5.41, 5.74) is 4.17. The largest absolute Gasteiger partial charge is 0.458 e. The fourth-order valence-electron chi connectivity index (χ4n) is 4.81. The number of halogens is 3. The van der Waals surface area contributed by atoms with Gasteiger partial charge in [0.15, 0.2) is 0 Å². The Morgan fingerprint density at radius 3 is 2.40 bits per heavy atom. The number of benzene rings is 4. The van der Waals surface area contributed by atoms with E-state index in [0.717, 1.165) is 34.0 Å². The second-order valence-electron chi connectivity index (χ2n) is 9.62. The molecule has 0 fully saturated rings. The Morgan fingerprint density at radius 2 is 1.65 bits per heavy atom. The van der Waals surface area contributed by atoms with Crippen LogP contribution in [0.15, 0.2) is 97.1 Å². The number of alkyl halides is 3. The molecule has 0 aliphatic heterocycles. The zero-order chi connectivity index (χ0) is 28.3. The first kappa shape index (κ1) is 27.0. The molecule has 204 valence electrons. The van der Waals surface area contributed by atoms with Crippen LogP contribution in [0.2, 0.25) is 0 Å². The number of hydrogen-bond acceptors (Lipinski definition) is 4. The lowest BCUT2D eigenvalue weighted by Crippen LogP contribution is -2.07. The number of ether oxygens (including phenoxy) is 1. The van der Waals surface area contributed by atoms with Crippen molar-refractivity contribution in [1.29, 1.82) is 0 Å². The molecule has 1 unspecified atom stereocenters. The van der Waals surface area contributed by atoms with Crippen LogP contribution in [0.25, 0.3) is 22.2 Å². The zero-order valence-corrected chi connectivity index (χ0v) is 22.1. The van der Waals surface area contributed by atoms with Crippen LogP contribution in [-0.2, 0) is 28.8 Å². The van der Waals surface area contributed by atoms with Gasteiger partial charge in [0.2, 0.25) is 0 Å². The number of anilines is 1. The van der Waals surface area contributed by atoms with Crippen molar-refractivity contribution in [2.24, 2.45) is 0 Å². The third-order valence-corrected chi connectivity index (χ3v) is 6.65. The predicted molar refractivity (Wildman–Crippen MR) is 150 cm³/mol. The average molecular weight is 544 g/mol. The predicted octanol–water partition coefficient (Wildman–Crippen LogP) is 8.01. The zero-order valence-electron chi connectivity index (χ0n) is 22.1. The molecule has 0 bridgehead atoms. The molecular formula is C32H28F3N3O2. The molecule has 1 atom stereocenters. The lowest BCUT2D eigenvalue weighted by atomic mass is 10.0. The fourth-order valence-corrected chi connectivity index (χ4v) is 4.81. The minimum atomic E-state index is -4.52. The minimum absolute atomic E-state index is 0.0713. The maximum absolute atomic E-state index is 13.9. The van der Waals surface area contributed by atoms with Crippen LogP contribution >= 0.6 is 0 Å². The van der Waals surface area contributed by atoms with Crippen molar-refractivity contribution < 1.29 is 22.7 Å². The summed E-state index contributed by atoms with van der Waals surface area (Å²) in [6.45, 7) is 4.04. The molecule has 0 spiro atoms. The monoisotopic (exact) mass is 543 g/mol. The lowest BCUT2D eigenvalue weighted by Gasteiger charge is -2.14. The van der Waals surface area contributed by atoms with Gasteiger partial charge in [0.1, 0.15) is 11.6 Å². The Morgan fingerprint density at radius 1 is 0.925 bits per heavy atom.